The van der Waals surface area contributed by atoms with E-state index < -0.39 is 12.1 Å². The lowest BCUT2D eigenvalue weighted by Crippen LogP contribution is -2.41. The van der Waals surface area contributed by atoms with Crippen LogP contribution in [0, 0.1) is 5.92 Å². The van der Waals surface area contributed by atoms with Crippen molar-refractivity contribution in [3.05, 3.63) is 34.9 Å². The van der Waals surface area contributed by atoms with Crippen LogP contribution < -0.4 is 0 Å². The molecule has 0 spiro atoms. The normalized spacial score (nSPS) is 18.2. The van der Waals surface area contributed by atoms with Gasteiger partial charge in [0, 0.05) is 10.6 Å². The highest BCUT2D eigenvalue weighted by Crippen LogP contribution is 2.34. The van der Waals surface area contributed by atoms with Crippen molar-refractivity contribution >= 4 is 17.4 Å². The number of alkyl halides is 3. The van der Waals surface area contributed by atoms with Gasteiger partial charge in [0.1, 0.15) is 0 Å². The Morgan fingerprint density at radius 3 is 2.50 bits per heavy atom. The Bertz CT molecular complexity index is 482. The Hall–Kier alpha value is -1.07. The van der Waals surface area contributed by atoms with Gasteiger partial charge in [-0.25, -0.2) is 0 Å². The van der Waals surface area contributed by atoms with Gasteiger partial charge in [0.2, 0.25) is 0 Å². The van der Waals surface area contributed by atoms with Gasteiger partial charge in [-0.15, -0.1) is 0 Å². The summed E-state index contributed by atoms with van der Waals surface area (Å²) in [6, 6.07) is 6.60. The molecule has 0 aliphatic carbocycles. The van der Waals surface area contributed by atoms with Crippen molar-refractivity contribution in [3.63, 3.8) is 0 Å². The van der Waals surface area contributed by atoms with Gasteiger partial charge in [0.25, 0.3) is 0 Å². The third-order valence-electron chi connectivity index (χ3n) is 3.56. The number of rotatable bonds is 3. The molecule has 6 heteroatoms. The first-order chi connectivity index (χ1) is 9.36. The number of hydrogen-bond donors (Lipinski definition) is 0. The minimum absolute atomic E-state index is 0.0618. The lowest BCUT2D eigenvalue weighted by Gasteiger charge is -2.32. The van der Waals surface area contributed by atoms with E-state index in [0.717, 1.165) is 0 Å². The van der Waals surface area contributed by atoms with Crippen LogP contribution in [0.1, 0.15) is 23.2 Å². The van der Waals surface area contributed by atoms with Gasteiger partial charge in [-0.1, -0.05) is 23.7 Å². The van der Waals surface area contributed by atoms with Crippen LogP contribution in [0.3, 0.4) is 0 Å². The Kier molecular flexibility index (Phi) is 4.70. The molecule has 1 fully saturated rings. The van der Waals surface area contributed by atoms with Crippen molar-refractivity contribution in [2.75, 3.05) is 19.6 Å². The average Bonchev–Trinajstić information content (AvgIpc) is 2.38. The molecule has 20 heavy (non-hydrogen) atoms. The van der Waals surface area contributed by atoms with Crippen molar-refractivity contribution in [1.29, 1.82) is 0 Å². The highest BCUT2D eigenvalue weighted by Gasteiger charge is 2.41. The van der Waals surface area contributed by atoms with Crippen LogP contribution in [0.25, 0.3) is 0 Å². The van der Waals surface area contributed by atoms with Crippen molar-refractivity contribution in [3.8, 4) is 0 Å². The quantitative estimate of drug-likeness (QED) is 0.792. The lowest BCUT2D eigenvalue weighted by molar-refractivity contribution is -0.184. The number of benzene rings is 1. The Labute approximate surface area is 120 Å². The number of likely N-dealkylation sites (tertiary alicyclic amines) is 1. The second kappa shape index (κ2) is 6.14. The van der Waals surface area contributed by atoms with Crippen LogP contribution in [0.5, 0.6) is 0 Å². The van der Waals surface area contributed by atoms with Gasteiger partial charge in [-0.3, -0.25) is 9.69 Å². The molecule has 1 heterocycles. The maximum atomic E-state index is 12.5. The summed E-state index contributed by atoms with van der Waals surface area (Å²) in [6.45, 7) is 0.748. The molecule has 2 nitrogen and oxygen atoms in total. The fourth-order valence-electron chi connectivity index (χ4n) is 2.37. The number of Topliss-reactive ketones (excluding diaryl/α,β-unsaturated/α-hetero) is 1. The van der Waals surface area contributed by atoms with E-state index >= 15 is 0 Å². The molecule has 0 unspecified atom stereocenters. The predicted molar refractivity (Wildman–Crippen MR) is 71.0 cm³/mol. The monoisotopic (exact) mass is 305 g/mol. The maximum absolute atomic E-state index is 12.5. The summed E-state index contributed by atoms with van der Waals surface area (Å²) in [5.74, 6) is -1.35. The molecule has 0 bridgehead atoms. The number of nitrogens with zero attached hydrogens (tertiary/aromatic N) is 1. The van der Waals surface area contributed by atoms with Crippen molar-refractivity contribution in [2.24, 2.45) is 5.92 Å². The van der Waals surface area contributed by atoms with E-state index in [1.165, 1.54) is 0 Å². The molecular formula is C14H15ClF3NO. The minimum Gasteiger partial charge on any atom is -0.296 e. The van der Waals surface area contributed by atoms with E-state index in [-0.39, 0.29) is 25.2 Å². The van der Waals surface area contributed by atoms with E-state index in [1.807, 2.05) is 0 Å². The van der Waals surface area contributed by atoms with Gasteiger partial charge < -0.3 is 0 Å². The summed E-state index contributed by atoms with van der Waals surface area (Å²) in [4.78, 5) is 13.8. The lowest BCUT2D eigenvalue weighted by atomic mass is 9.96. The molecule has 0 aromatic heterocycles. The third-order valence-corrected chi connectivity index (χ3v) is 3.80. The fraction of sp³-hybridized carbons (Fsp3) is 0.500. The molecule has 1 aliphatic heterocycles. The fourth-order valence-corrected chi connectivity index (χ4v) is 2.56. The summed E-state index contributed by atoms with van der Waals surface area (Å²) in [5.41, 5.74) is 0.496. The Morgan fingerprint density at radius 1 is 1.30 bits per heavy atom. The zero-order valence-corrected chi connectivity index (χ0v) is 11.5. The van der Waals surface area contributed by atoms with Gasteiger partial charge in [-0.05, 0) is 38.1 Å². The van der Waals surface area contributed by atoms with E-state index in [0.29, 0.717) is 23.7 Å². The van der Waals surface area contributed by atoms with E-state index in [4.69, 9.17) is 11.6 Å². The highest BCUT2D eigenvalue weighted by molar-refractivity contribution is 6.31. The molecule has 1 aromatic rings. The molecule has 0 saturated carbocycles. The SMILES string of the molecule is O=C(CN1CCC(C(F)(F)F)CC1)c1cccc(Cl)c1. The first kappa shape index (κ1) is 15.3. The van der Waals surface area contributed by atoms with Crippen molar-refractivity contribution < 1.29 is 18.0 Å². The topological polar surface area (TPSA) is 20.3 Å². The molecule has 1 aliphatic rings. The van der Waals surface area contributed by atoms with Crippen LogP contribution in [0.15, 0.2) is 24.3 Å². The minimum atomic E-state index is -4.12. The summed E-state index contributed by atoms with van der Waals surface area (Å²) < 4.78 is 37.6. The van der Waals surface area contributed by atoms with Crippen molar-refractivity contribution in [2.45, 2.75) is 19.0 Å². The van der Waals surface area contributed by atoms with Crippen LogP contribution in [0.4, 0.5) is 13.2 Å². The molecule has 110 valence electrons. The summed E-state index contributed by atoms with van der Waals surface area (Å²) in [7, 11) is 0. The molecule has 1 aromatic carbocycles. The number of hydrogen-bond acceptors (Lipinski definition) is 2. The number of piperidine rings is 1. The number of halogens is 4. The van der Waals surface area contributed by atoms with Gasteiger partial charge in [0.05, 0.1) is 12.5 Å². The third kappa shape index (κ3) is 3.96. The summed E-state index contributed by atoms with van der Waals surface area (Å²) in [5, 5.41) is 0.478. The van der Waals surface area contributed by atoms with Gasteiger partial charge in [-0.2, -0.15) is 13.2 Å². The van der Waals surface area contributed by atoms with Gasteiger partial charge >= 0.3 is 6.18 Å². The first-order valence-electron chi connectivity index (χ1n) is 6.44. The summed E-state index contributed by atoms with van der Waals surface area (Å²) in [6.07, 6.45) is -4.00. The number of carbonyl (C=O) groups is 1. The predicted octanol–water partition coefficient (Wildman–Crippen LogP) is 3.80. The van der Waals surface area contributed by atoms with E-state index in [1.54, 1.807) is 29.2 Å². The summed E-state index contributed by atoms with van der Waals surface area (Å²) >= 11 is 5.81. The zero-order chi connectivity index (χ0) is 14.8. The second-order valence-electron chi connectivity index (χ2n) is 5.03. The van der Waals surface area contributed by atoms with E-state index in [2.05, 4.69) is 0 Å². The Balaban J connectivity index is 1.88. The molecule has 0 radical (unpaired) electrons. The van der Waals surface area contributed by atoms with Crippen LogP contribution in [-0.4, -0.2) is 36.5 Å². The molecule has 0 amide bonds. The number of ketones is 1. The molecular weight excluding hydrogens is 291 g/mol. The molecule has 0 atom stereocenters. The highest BCUT2D eigenvalue weighted by atomic mass is 35.5. The van der Waals surface area contributed by atoms with Gasteiger partial charge in [0.15, 0.2) is 5.78 Å². The number of carbonyl (C=O) groups excluding carboxylic acids is 1. The van der Waals surface area contributed by atoms with Crippen molar-refractivity contribution in [1.82, 2.24) is 4.90 Å². The molecule has 2 rings (SSSR count). The Morgan fingerprint density at radius 2 is 1.95 bits per heavy atom. The smallest absolute Gasteiger partial charge is 0.296 e. The largest absolute Gasteiger partial charge is 0.391 e. The molecule has 1 saturated heterocycles. The van der Waals surface area contributed by atoms with Crippen LogP contribution in [0.2, 0.25) is 5.02 Å². The zero-order valence-electron chi connectivity index (χ0n) is 10.8. The average molecular weight is 306 g/mol. The second-order valence-corrected chi connectivity index (χ2v) is 5.46. The standard InChI is InChI=1S/C14H15ClF3NO/c15-12-3-1-2-10(8-12)13(20)9-19-6-4-11(5-7-19)14(16,17)18/h1-3,8,11H,4-7,9H2. The van der Waals surface area contributed by atoms with Crippen LogP contribution in [-0.2, 0) is 0 Å². The molecule has 0 N–H and O–H groups in total. The van der Waals surface area contributed by atoms with Crippen LogP contribution >= 0.6 is 11.6 Å². The first-order valence-corrected chi connectivity index (χ1v) is 6.82. The maximum Gasteiger partial charge on any atom is 0.391 e. The van der Waals surface area contributed by atoms with E-state index in [9.17, 15) is 18.0 Å².